The molecule has 0 aromatic heterocycles. The van der Waals surface area contributed by atoms with Crippen molar-refractivity contribution in [3.05, 3.63) is 22.7 Å². The van der Waals surface area contributed by atoms with Crippen molar-refractivity contribution >= 4 is 46.4 Å². The maximum Gasteiger partial charge on any atom is 0.296 e. The molecule has 0 spiro atoms. The maximum atomic E-state index is 11.7. The number of thioether (sulfide) groups is 1. The molecule has 106 valence electrons. The van der Waals surface area contributed by atoms with E-state index in [0.717, 1.165) is 18.0 Å². The van der Waals surface area contributed by atoms with Gasteiger partial charge in [0.1, 0.15) is 0 Å². The SMILES string of the molecule is CC1SCCN(c2cc3c(cc2Cl)C(=O)C(=O)N3)C1C. The summed E-state index contributed by atoms with van der Waals surface area (Å²) in [5.74, 6) is -0.0441. The topological polar surface area (TPSA) is 49.4 Å². The molecule has 0 bridgehead atoms. The fraction of sp³-hybridized carbons (Fsp3) is 0.429. The first-order valence-electron chi connectivity index (χ1n) is 6.56. The van der Waals surface area contributed by atoms with Crippen LogP contribution in [0.25, 0.3) is 0 Å². The number of amides is 1. The number of carbonyl (C=O) groups is 2. The van der Waals surface area contributed by atoms with E-state index in [1.54, 1.807) is 6.07 Å². The number of benzene rings is 1. The van der Waals surface area contributed by atoms with Gasteiger partial charge in [-0.25, -0.2) is 0 Å². The molecule has 20 heavy (non-hydrogen) atoms. The fourth-order valence-corrected chi connectivity index (χ4v) is 4.02. The lowest BCUT2D eigenvalue weighted by molar-refractivity contribution is -0.112. The molecule has 0 aliphatic carbocycles. The summed E-state index contributed by atoms with van der Waals surface area (Å²) in [6, 6.07) is 3.78. The molecule has 2 heterocycles. The molecule has 1 saturated heterocycles. The lowest BCUT2D eigenvalue weighted by Gasteiger charge is -2.39. The molecule has 1 fully saturated rings. The first-order chi connectivity index (χ1) is 9.49. The largest absolute Gasteiger partial charge is 0.366 e. The van der Waals surface area contributed by atoms with Crippen molar-refractivity contribution in [1.29, 1.82) is 0 Å². The molecule has 1 aromatic carbocycles. The number of fused-ring (bicyclic) bond motifs is 1. The number of Topliss-reactive ketones (excluding diaryl/α,β-unsaturated/α-hetero) is 1. The summed E-state index contributed by atoms with van der Waals surface area (Å²) in [6.07, 6.45) is 0. The van der Waals surface area contributed by atoms with Crippen LogP contribution in [0.1, 0.15) is 24.2 Å². The van der Waals surface area contributed by atoms with Gasteiger partial charge in [-0.3, -0.25) is 9.59 Å². The molecule has 0 radical (unpaired) electrons. The average Bonchev–Trinajstić information content (AvgIpc) is 2.68. The molecule has 1 aromatic rings. The van der Waals surface area contributed by atoms with Crippen LogP contribution in [-0.2, 0) is 4.79 Å². The van der Waals surface area contributed by atoms with Gasteiger partial charge in [0.05, 0.1) is 22.0 Å². The third kappa shape index (κ3) is 2.09. The summed E-state index contributed by atoms with van der Waals surface area (Å²) in [4.78, 5) is 25.3. The van der Waals surface area contributed by atoms with Crippen LogP contribution in [0.4, 0.5) is 11.4 Å². The predicted octanol–water partition coefficient (Wildman–Crippen LogP) is 2.81. The molecule has 2 aliphatic heterocycles. The molecule has 3 rings (SSSR count). The zero-order valence-electron chi connectivity index (χ0n) is 11.3. The van der Waals surface area contributed by atoms with Crippen LogP contribution < -0.4 is 10.2 Å². The van der Waals surface area contributed by atoms with Crippen molar-refractivity contribution < 1.29 is 9.59 Å². The van der Waals surface area contributed by atoms with E-state index in [9.17, 15) is 9.59 Å². The van der Waals surface area contributed by atoms with Crippen LogP contribution in [0.3, 0.4) is 0 Å². The van der Waals surface area contributed by atoms with Crippen molar-refractivity contribution in [2.75, 3.05) is 22.5 Å². The quantitative estimate of drug-likeness (QED) is 0.810. The number of hydrogen-bond donors (Lipinski definition) is 1. The molecular formula is C14H15ClN2O2S. The molecule has 2 atom stereocenters. The van der Waals surface area contributed by atoms with E-state index in [1.807, 2.05) is 17.8 Å². The minimum absolute atomic E-state index is 0.358. The van der Waals surface area contributed by atoms with Crippen LogP contribution >= 0.6 is 23.4 Å². The second-order valence-electron chi connectivity index (χ2n) is 5.14. The highest BCUT2D eigenvalue weighted by molar-refractivity contribution is 8.00. The predicted molar refractivity (Wildman–Crippen MR) is 83.1 cm³/mol. The van der Waals surface area contributed by atoms with Crippen molar-refractivity contribution in [2.45, 2.75) is 25.1 Å². The lowest BCUT2D eigenvalue weighted by Crippen LogP contribution is -2.44. The normalized spacial score (nSPS) is 25.6. The summed E-state index contributed by atoms with van der Waals surface area (Å²) in [5, 5.41) is 3.65. The van der Waals surface area contributed by atoms with Crippen molar-refractivity contribution in [3.63, 3.8) is 0 Å². The standard InChI is InChI=1S/C14H15ClN2O2S/c1-7-8(2)20-4-3-17(7)12-6-11-9(5-10(12)15)13(18)14(19)16-11/h5-8H,3-4H2,1-2H3,(H,16,18,19). The van der Waals surface area contributed by atoms with E-state index in [2.05, 4.69) is 24.1 Å². The van der Waals surface area contributed by atoms with Crippen molar-refractivity contribution in [3.8, 4) is 0 Å². The maximum absolute atomic E-state index is 11.7. The van der Waals surface area contributed by atoms with Gasteiger partial charge in [-0.05, 0) is 19.1 Å². The van der Waals surface area contributed by atoms with Crippen LogP contribution in [0, 0.1) is 0 Å². The molecule has 2 aliphatic rings. The highest BCUT2D eigenvalue weighted by Crippen LogP contribution is 2.38. The Morgan fingerprint density at radius 2 is 2.10 bits per heavy atom. The van der Waals surface area contributed by atoms with Gasteiger partial charge >= 0.3 is 0 Å². The number of hydrogen-bond acceptors (Lipinski definition) is 4. The van der Waals surface area contributed by atoms with Gasteiger partial charge in [0.25, 0.3) is 11.7 Å². The van der Waals surface area contributed by atoms with E-state index < -0.39 is 11.7 Å². The fourth-order valence-electron chi connectivity index (χ4n) is 2.65. The van der Waals surface area contributed by atoms with Gasteiger partial charge in [-0.2, -0.15) is 11.8 Å². The van der Waals surface area contributed by atoms with Crippen LogP contribution in [0.2, 0.25) is 5.02 Å². The Bertz CT molecular complexity index is 605. The van der Waals surface area contributed by atoms with Gasteiger partial charge in [0, 0.05) is 23.6 Å². The second kappa shape index (κ2) is 4.97. The number of nitrogens with one attached hydrogen (secondary N) is 1. The monoisotopic (exact) mass is 310 g/mol. The number of rotatable bonds is 1. The molecule has 6 heteroatoms. The minimum atomic E-state index is -0.580. The summed E-state index contributed by atoms with van der Waals surface area (Å²) >= 11 is 8.28. The third-order valence-electron chi connectivity index (χ3n) is 3.98. The number of nitrogens with zero attached hydrogens (tertiary/aromatic N) is 1. The Morgan fingerprint density at radius 1 is 1.35 bits per heavy atom. The number of carbonyl (C=O) groups excluding carboxylic acids is 2. The Labute approximate surface area is 126 Å². The number of halogens is 1. The minimum Gasteiger partial charge on any atom is -0.366 e. The van der Waals surface area contributed by atoms with Gasteiger partial charge in [-0.15, -0.1) is 0 Å². The van der Waals surface area contributed by atoms with Crippen LogP contribution in [0.15, 0.2) is 12.1 Å². The average molecular weight is 311 g/mol. The zero-order valence-corrected chi connectivity index (χ0v) is 12.8. The van der Waals surface area contributed by atoms with Crippen molar-refractivity contribution in [1.82, 2.24) is 0 Å². The van der Waals surface area contributed by atoms with Crippen molar-refractivity contribution in [2.24, 2.45) is 0 Å². The summed E-state index contributed by atoms with van der Waals surface area (Å²) < 4.78 is 0. The highest BCUT2D eigenvalue weighted by Gasteiger charge is 2.32. The summed E-state index contributed by atoms with van der Waals surface area (Å²) in [5.41, 5.74) is 1.83. The Morgan fingerprint density at radius 3 is 2.85 bits per heavy atom. The first-order valence-corrected chi connectivity index (χ1v) is 7.99. The lowest BCUT2D eigenvalue weighted by atomic mass is 10.1. The first kappa shape index (κ1) is 13.8. The second-order valence-corrected chi connectivity index (χ2v) is 7.03. The highest BCUT2D eigenvalue weighted by atomic mass is 35.5. The van der Waals surface area contributed by atoms with Gasteiger partial charge in [0.15, 0.2) is 0 Å². The van der Waals surface area contributed by atoms with Crippen LogP contribution in [-0.4, -0.2) is 35.3 Å². The van der Waals surface area contributed by atoms with Gasteiger partial charge < -0.3 is 10.2 Å². The van der Waals surface area contributed by atoms with Gasteiger partial charge in [0.2, 0.25) is 0 Å². The van der Waals surface area contributed by atoms with E-state index in [-0.39, 0.29) is 0 Å². The summed E-state index contributed by atoms with van der Waals surface area (Å²) in [7, 11) is 0. The zero-order chi connectivity index (χ0) is 14.4. The molecule has 4 nitrogen and oxygen atoms in total. The van der Waals surface area contributed by atoms with E-state index in [1.165, 1.54) is 0 Å². The summed E-state index contributed by atoms with van der Waals surface area (Å²) in [6.45, 7) is 5.29. The molecular weight excluding hydrogens is 296 g/mol. The molecule has 0 saturated carbocycles. The number of anilines is 2. The Hall–Kier alpha value is -1.20. The molecule has 1 N–H and O–H groups in total. The van der Waals surface area contributed by atoms with E-state index >= 15 is 0 Å². The van der Waals surface area contributed by atoms with Crippen LogP contribution in [0.5, 0.6) is 0 Å². The van der Waals surface area contributed by atoms with E-state index in [4.69, 9.17) is 11.6 Å². The smallest absolute Gasteiger partial charge is 0.296 e. The van der Waals surface area contributed by atoms with E-state index in [0.29, 0.717) is 27.6 Å². The van der Waals surface area contributed by atoms with Gasteiger partial charge in [-0.1, -0.05) is 18.5 Å². The molecule has 2 unspecified atom stereocenters. The Balaban J connectivity index is 2.01. The number of ketones is 1. The Kier molecular flexibility index (Phi) is 3.42. The third-order valence-corrected chi connectivity index (χ3v) is 5.62. The molecule has 1 amide bonds.